The Morgan fingerprint density at radius 3 is 2.76 bits per heavy atom. The lowest BCUT2D eigenvalue weighted by Gasteiger charge is -1.96. The summed E-state index contributed by atoms with van der Waals surface area (Å²) in [6.07, 6.45) is 6.77. The fourth-order valence-corrected chi connectivity index (χ4v) is 3.58. The predicted octanol–water partition coefficient (Wildman–Crippen LogP) is 4.37. The second-order valence-corrected chi connectivity index (χ2v) is 6.03. The number of fused-ring (bicyclic) bond motifs is 7. The number of hydrogen-bond donors (Lipinski definition) is 0. The van der Waals surface area contributed by atoms with Crippen molar-refractivity contribution in [2.45, 2.75) is 6.92 Å². The van der Waals surface area contributed by atoms with E-state index in [-0.39, 0.29) is 0 Å². The highest BCUT2D eigenvalue weighted by Gasteiger charge is 2.19. The summed E-state index contributed by atoms with van der Waals surface area (Å²) in [6, 6.07) is 12.3. The second-order valence-electron chi connectivity index (χ2n) is 6.03. The molecular weight excluding hydrogens is 312 g/mol. The summed E-state index contributed by atoms with van der Waals surface area (Å²) in [5.74, 6) is 4.05. The monoisotopic (exact) mass is 326 g/mol. The number of rotatable bonds is 1. The normalized spacial score (nSPS) is 12.2. The van der Waals surface area contributed by atoms with Gasteiger partial charge in [0.05, 0.1) is 28.2 Å². The highest BCUT2D eigenvalue weighted by Crippen LogP contribution is 2.38. The molecule has 0 atom stereocenters. The molecule has 3 heterocycles. The molecule has 5 rings (SSSR count). The van der Waals surface area contributed by atoms with Crippen LogP contribution in [0.25, 0.3) is 38.8 Å². The lowest BCUT2D eigenvalue weighted by molar-refractivity contribution is 0.579. The van der Waals surface area contributed by atoms with Crippen molar-refractivity contribution in [2.75, 3.05) is 0 Å². The minimum absolute atomic E-state index is 0.732. The fraction of sp³-hybridized carbons (Fsp3) is 0.100. The first-order valence-electron chi connectivity index (χ1n) is 7.97. The fourth-order valence-electron chi connectivity index (χ4n) is 3.58. The Morgan fingerprint density at radius 1 is 1.16 bits per heavy atom. The van der Waals surface area contributed by atoms with E-state index in [4.69, 9.17) is 15.8 Å². The topological polar surface area (TPSA) is 47.7 Å². The second kappa shape index (κ2) is 4.74. The van der Waals surface area contributed by atoms with Crippen molar-refractivity contribution in [1.82, 2.24) is 14.0 Å². The van der Waals surface area contributed by atoms with Gasteiger partial charge in [-0.05, 0) is 31.2 Å². The lowest BCUT2D eigenvalue weighted by atomic mass is 10.2. The number of terminal acetylenes is 1. The quantitative estimate of drug-likeness (QED) is 0.339. The molecular formula is C20H14N4O. The summed E-state index contributed by atoms with van der Waals surface area (Å²) in [5.41, 5.74) is 5.66. The minimum Gasteiger partial charge on any atom is -0.459 e. The summed E-state index contributed by atoms with van der Waals surface area (Å²) in [6.45, 7) is 1.89. The number of hydrogen-bond acceptors (Lipinski definition) is 3. The van der Waals surface area contributed by atoms with Gasteiger partial charge in [0.1, 0.15) is 22.5 Å². The average molecular weight is 326 g/mol. The van der Waals surface area contributed by atoms with Crippen LogP contribution in [0.1, 0.15) is 5.76 Å². The minimum atomic E-state index is 0.732. The highest BCUT2D eigenvalue weighted by atomic mass is 16.3. The van der Waals surface area contributed by atoms with Gasteiger partial charge in [-0.25, -0.2) is 9.98 Å². The number of furan rings is 1. The molecule has 0 unspecified atom stereocenters. The molecule has 0 saturated carbocycles. The number of aromatic nitrogens is 3. The first kappa shape index (κ1) is 13.9. The van der Waals surface area contributed by atoms with Crippen LogP contribution in [-0.4, -0.2) is 20.2 Å². The maximum Gasteiger partial charge on any atom is 0.215 e. The summed E-state index contributed by atoms with van der Waals surface area (Å²) >= 11 is 0. The van der Waals surface area contributed by atoms with Gasteiger partial charge >= 0.3 is 0 Å². The summed E-state index contributed by atoms with van der Waals surface area (Å²) in [4.78, 5) is 9.29. The van der Waals surface area contributed by atoms with Gasteiger partial charge < -0.3 is 8.98 Å². The molecule has 5 aromatic rings. The Balaban J connectivity index is 2.02. The first-order valence-corrected chi connectivity index (χ1v) is 7.97. The van der Waals surface area contributed by atoms with E-state index in [9.17, 15) is 0 Å². The van der Waals surface area contributed by atoms with Crippen molar-refractivity contribution in [1.29, 1.82) is 0 Å². The molecule has 0 aliphatic rings. The van der Waals surface area contributed by atoms with E-state index >= 15 is 0 Å². The average Bonchev–Trinajstić information content (AvgIpc) is 3.24. The van der Waals surface area contributed by atoms with Gasteiger partial charge in [0.25, 0.3) is 0 Å². The van der Waals surface area contributed by atoms with Crippen molar-refractivity contribution >= 4 is 50.7 Å². The summed E-state index contributed by atoms with van der Waals surface area (Å²) < 4.78 is 10.1. The third-order valence-electron chi connectivity index (χ3n) is 4.66. The molecule has 5 heteroatoms. The van der Waals surface area contributed by atoms with E-state index in [2.05, 4.69) is 32.0 Å². The maximum atomic E-state index is 5.86. The molecule has 2 aromatic carbocycles. The van der Waals surface area contributed by atoms with Crippen molar-refractivity contribution in [3.63, 3.8) is 0 Å². The highest BCUT2D eigenvalue weighted by molar-refractivity contribution is 6.11. The molecule has 25 heavy (non-hydrogen) atoms. The molecule has 0 spiro atoms. The number of nitrogens with zero attached hydrogens (tertiary/aromatic N) is 4. The number of aliphatic imine (C=N–C) groups is 1. The molecule has 120 valence electrons. The first-order chi connectivity index (χ1) is 12.2. The van der Waals surface area contributed by atoms with E-state index in [1.54, 1.807) is 0 Å². The standard InChI is InChI=1S/C20H14N4O/c1-4-11-21-18-12(2)25-16-10-9-15-19(17(16)18)22-20-23(3)13-7-5-6-8-14(13)24(15)20/h1,5-11H,2-3H3/b21-11-. The zero-order valence-electron chi connectivity index (χ0n) is 13.8. The number of benzene rings is 2. The Morgan fingerprint density at radius 2 is 1.96 bits per heavy atom. The molecule has 0 aliphatic carbocycles. The van der Waals surface area contributed by atoms with Gasteiger partial charge in [-0.15, -0.1) is 6.42 Å². The van der Waals surface area contributed by atoms with Crippen LogP contribution in [0.5, 0.6) is 0 Å². The van der Waals surface area contributed by atoms with Crippen LogP contribution in [0, 0.1) is 19.3 Å². The van der Waals surface area contributed by atoms with Crippen LogP contribution >= 0.6 is 0 Å². The van der Waals surface area contributed by atoms with Gasteiger partial charge in [-0.2, -0.15) is 0 Å². The Bertz CT molecular complexity index is 1370. The van der Waals surface area contributed by atoms with Crippen LogP contribution in [0.15, 0.2) is 45.8 Å². The van der Waals surface area contributed by atoms with Gasteiger partial charge in [0.2, 0.25) is 5.78 Å². The van der Waals surface area contributed by atoms with E-state index < -0.39 is 0 Å². The Kier molecular flexibility index (Phi) is 2.63. The summed E-state index contributed by atoms with van der Waals surface area (Å²) in [5, 5.41) is 0.897. The number of aryl methyl sites for hydroxylation is 2. The van der Waals surface area contributed by atoms with Crippen molar-refractivity contribution in [3.05, 3.63) is 42.2 Å². The number of para-hydroxylation sites is 2. The predicted molar refractivity (Wildman–Crippen MR) is 101 cm³/mol. The lowest BCUT2D eigenvalue weighted by Crippen LogP contribution is -1.87. The SMILES string of the molecule is C#C/C=N\c1c(C)oc2ccc3c(nc4n(C)c5ccccc5n34)c12. The molecule has 0 bridgehead atoms. The molecule has 0 saturated heterocycles. The van der Waals surface area contributed by atoms with Crippen molar-refractivity contribution in [2.24, 2.45) is 12.0 Å². The molecule has 0 N–H and O–H groups in total. The Labute approximate surface area is 143 Å². The van der Waals surface area contributed by atoms with Gasteiger partial charge in [0, 0.05) is 7.05 Å². The third kappa shape index (κ3) is 1.68. The van der Waals surface area contributed by atoms with Crippen LogP contribution < -0.4 is 0 Å². The largest absolute Gasteiger partial charge is 0.459 e. The van der Waals surface area contributed by atoms with Gasteiger partial charge in [-0.1, -0.05) is 18.1 Å². The van der Waals surface area contributed by atoms with E-state index in [0.29, 0.717) is 0 Å². The Hall–Kier alpha value is -3.52. The zero-order valence-corrected chi connectivity index (χ0v) is 13.8. The molecule has 0 aliphatic heterocycles. The summed E-state index contributed by atoms with van der Waals surface area (Å²) in [7, 11) is 2.03. The molecule has 5 nitrogen and oxygen atoms in total. The van der Waals surface area contributed by atoms with Crippen LogP contribution in [0.2, 0.25) is 0 Å². The number of imidazole rings is 2. The molecule has 0 radical (unpaired) electrons. The molecule has 0 amide bonds. The van der Waals surface area contributed by atoms with E-state index in [0.717, 1.165) is 50.3 Å². The van der Waals surface area contributed by atoms with Crippen molar-refractivity contribution < 1.29 is 4.42 Å². The smallest absolute Gasteiger partial charge is 0.215 e. The van der Waals surface area contributed by atoms with Gasteiger partial charge in [-0.3, -0.25) is 4.40 Å². The molecule has 0 fully saturated rings. The molecule has 3 aromatic heterocycles. The van der Waals surface area contributed by atoms with Crippen LogP contribution in [-0.2, 0) is 7.05 Å². The van der Waals surface area contributed by atoms with E-state index in [1.165, 1.54) is 6.21 Å². The maximum absolute atomic E-state index is 5.86. The van der Waals surface area contributed by atoms with Crippen LogP contribution in [0.4, 0.5) is 5.69 Å². The van der Waals surface area contributed by atoms with Gasteiger partial charge in [0.15, 0.2) is 0 Å². The van der Waals surface area contributed by atoms with E-state index in [1.807, 2.05) is 38.2 Å². The van der Waals surface area contributed by atoms with Crippen molar-refractivity contribution in [3.8, 4) is 12.3 Å². The third-order valence-corrected chi connectivity index (χ3v) is 4.66. The van der Waals surface area contributed by atoms with Crippen LogP contribution in [0.3, 0.4) is 0 Å². The zero-order chi connectivity index (χ0) is 17.1.